The topological polar surface area (TPSA) is 140 Å². The molecule has 0 aliphatic carbocycles. The van der Waals surface area contributed by atoms with Gasteiger partial charge in [0.1, 0.15) is 0 Å². The maximum atomic E-state index is 12.4. The first-order valence-electron chi connectivity index (χ1n) is 8.02. The largest absolute Gasteiger partial charge is 0.399 e. The molecule has 0 saturated carbocycles. The van der Waals surface area contributed by atoms with E-state index in [0.717, 1.165) is 28.1 Å². The highest BCUT2D eigenvalue weighted by Gasteiger charge is 2.27. The molecule has 1 aromatic heterocycles. The first-order chi connectivity index (χ1) is 11.9. The van der Waals surface area contributed by atoms with E-state index in [2.05, 4.69) is 10.3 Å². The van der Waals surface area contributed by atoms with Crippen LogP contribution in [0.2, 0.25) is 0 Å². The van der Waals surface area contributed by atoms with Crippen LogP contribution in [-0.4, -0.2) is 23.3 Å². The lowest BCUT2D eigenvalue weighted by Crippen LogP contribution is -2.23. The Morgan fingerprint density at radius 1 is 1.28 bits per heavy atom. The summed E-state index contributed by atoms with van der Waals surface area (Å²) in [6.07, 6.45) is 2.21. The molecule has 130 valence electrons. The Morgan fingerprint density at radius 3 is 2.72 bits per heavy atom. The summed E-state index contributed by atoms with van der Waals surface area (Å²) in [7, 11) is 0. The summed E-state index contributed by atoms with van der Waals surface area (Å²) in [5, 5.41) is 2.84. The molecule has 0 bridgehead atoms. The molecule has 1 aliphatic rings. The van der Waals surface area contributed by atoms with Crippen LogP contribution in [-0.2, 0) is 9.59 Å². The summed E-state index contributed by atoms with van der Waals surface area (Å²) in [6, 6.07) is 7.14. The van der Waals surface area contributed by atoms with Gasteiger partial charge in [-0.2, -0.15) is 0 Å². The molecule has 1 unspecified atom stereocenters. The van der Waals surface area contributed by atoms with E-state index in [1.165, 1.54) is 0 Å². The number of aromatic amines is 1. The van der Waals surface area contributed by atoms with Crippen molar-refractivity contribution in [2.24, 2.45) is 11.5 Å². The van der Waals surface area contributed by atoms with Crippen LogP contribution in [0.5, 0.6) is 0 Å². The van der Waals surface area contributed by atoms with E-state index < -0.39 is 11.8 Å². The molecule has 0 radical (unpaired) electrons. The number of nitrogens with one attached hydrogen (secondary N) is 2. The minimum atomic E-state index is -0.451. The number of allylic oxidation sites excluding steroid dienone is 1. The van der Waals surface area contributed by atoms with Crippen molar-refractivity contribution in [2.45, 2.75) is 19.3 Å². The van der Waals surface area contributed by atoms with Gasteiger partial charge in [-0.3, -0.25) is 9.59 Å². The van der Waals surface area contributed by atoms with Crippen molar-refractivity contribution in [2.75, 3.05) is 17.6 Å². The Hall–Kier alpha value is -3.06. The van der Waals surface area contributed by atoms with Crippen molar-refractivity contribution in [1.29, 1.82) is 0 Å². The molecule has 2 heterocycles. The van der Waals surface area contributed by atoms with Crippen LogP contribution in [0.3, 0.4) is 0 Å². The van der Waals surface area contributed by atoms with Crippen molar-refractivity contribution in [3.63, 3.8) is 0 Å². The predicted octanol–water partition coefficient (Wildman–Crippen LogP) is 1.40. The third kappa shape index (κ3) is 3.01. The van der Waals surface area contributed by atoms with Crippen molar-refractivity contribution in [3.05, 3.63) is 47.3 Å². The zero-order valence-electron chi connectivity index (χ0n) is 13.9. The van der Waals surface area contributed by atoms with Crippen LogP contribution in [0, 0.1) is 0 Å². The molecule has 2 amide bonds. The molecule has 3 rings (SSSR count). The summed E-state index contributed by atoms with van der Waals surface area (Å²) in [6.45, 7) is 2.22. The zero-order chi connectivity index (χ0) is 18.1. The Bertz CT molecular complexity index is 881. The van der Waals surface area contributed by atoms with Gasteiger partial charge in [0.05, 0.1) is 11.5 Å². The third-order valence-corrected chi connectivity index (χ3v) is 4.47. The molecule has 8 N–H and O–H groups in total. The lowest BCUT2D eigenvalue weighted by Gasteiger charge is -2.09. The normalized spacial score (nSPS) is 16.3. The molecule has 7 heteroatoms. The molecule has 0 fully saturated rings. The van der Waals surface area contributed by atoms with Crippen molar-refractivity contribution < 1.29 is 9.59 Å². The van der Waals surface area contributed by atoms with Gasteiger partial charge in [-0.15, -0.1) is 0 Å². The van der Waals surface area contributed by atoms with Gasteiger partial charge in [-0.25, -0.2) is 0 Å². The summed E-state index contributed by atoms with van der Waals surface area (Å²) < 4.78 is 0. The van der Waals surface area contributed by atoms with E-state index in [0.29, 0.717) is 24.2 Å². The number of amides is 2. The number of nitrogen functional groups attached to an aromatic ring is 1. The molecule has 2 aromatic rings. The number of nitrogens with two attached hydrogens (primary N) is 3. The molecular weight excluding hydrogens is 318 g/mol. The van der Waals surface area contributed by atoms with Gasteiger partial charge in [-0.1, -0.05) is 0 Å². The number of hydrogen-bond donors (Lipinski definition) is 5. The Balaban J connectivity index is 2.03. The molecule has 0 spiro atoms. The van der Waals surface area contributed by atoms with E-state index in [9.17, 15) is 9.59 Å². The number of hydrogen-bond acceptors (Lipinski definition) is 4. The minimum Gasteiger partial charge on any atom is -0.399 e. The Kier molecular flexibility index (Phi) is 4.33. The van der Waals surface area contributed by atoms with E-state index in [1.807, 2.05) is 13.0 Å². The van der Waals surface area contributed by atoms with Gasteiger partial charge < -0.3 is 27.5 Å². The second kappa shape index (κ2) is 6.45. The highest BCUT2D eigenvalue weighted by atomic mass is 16.2. The summed E-state index contributed by atoms with van der Waals surface area (Å²) in [5.41, 5.74) is 21.8. The number of primary amides is 1. The highest BCUT2D eigenvalue weighted by molar-refractivity contribution is 6.36. The van der Waals surface area contributed by atoms with E-state index in [1.54, 1.807) is 24.4 Å². The van der Waals surface area contributed by atoms with E-state index >= 15 is 0 Å². The smallest absolute Gasteiger partial charge is 0.256 e. The van der Waals surface area contributed by atoms with Gasteiger partial charge in [0.25, 0.3) is 5.91 Å². The summed E-state index contributed by atoms with van der Waals surface area (Å²) >= 11 is 0. The maximum absolute atomic E-state index is 12.4. The fourth-order valence-electron chi connectivity index (χ4n) is 3.16. The second-order valence-electron chi connectivity index (χ2n) is 6.14. The Labute approximate surface area is 145 Å². The van der Waals surface area contributed by atoms with E-state index in [4.69, 9.17) is 17.2 Å². The van der Waals surface area contributed by atoms with Crippen LogP contribution >= 0.6 is 0 Å². The number of fused-ring (bicyclic) bond motifs is 1. The number of rotatable bonds is 5. The quantitative estimate of drug-likeness (QED) is 0.415. The van der Waals surface area contributed by atoms with Crippen molar-refractivity contribution >= 4 is 34.3 Å². The summed E-state index contributed by atoms with van der Waals surface area (Å²) in [5.74, 6) is -1.05. The fourth-order valence-corrected chi connectivity index (χ4v) is 3.16. The number of carbonyl (C=O) groups is 2. The third-order valence-electron chi connectivity index (χ3n) is 4.47. The number of carbonyl (C=O) groups excluding carboxylic acids is 2. The molecule has 1 aromatic carbocycles. The molecule has 0 saturated heterocycles. The lowest BCUT2D eigenvalue weighted by atomic mass is 9.95. The molecule has 7 nitrogen and oxygen atoms in total. The van der Waals surface area contributed by atoms with Crippen molar-refractivity contribution in [3.8, 4) is 0 Å². The van der Waals surface area contributed by atoms with Gasteiger partial charge >= 0.3 is 0 Å². The van der Waals surface area contributed by atoms with Crippen LogP contribution in [0.1, 0.15) is 36.1 Å². The van der Waals surface area contributed by atoms with Crippen LogP contribution < -0.4 is 22.5 Å². The van der Waals surface area contributed by atoms with Gasteiger partial charge in [0.15, 0.2) is 0 Å². The van der Waals surface area contributed by atoms with E-state index in [-0.39, 0.29) is 5.91 Å². The number of benzene rings is 1. The predicted molar refractivity (Wildman–Crippen MR) is 98.4 cm³/mol. The van der Waals surface area contributed by atoms with Crippen molar-refractivity contribution in [1.82, 2.24) is 4.98 Å². The van der Waals surface area contributed by atoms with Gasteiger partial charge in [-0.05, 0) is 55.3 Å². The molecular formula is C18H21N5O2. The van der Waals surface area contributed by atoms with Crippen LogP contribution in [0.15, 0.2) is 30.5 Å². The average Bonchev–Trinajstić information content (AvgIpc) is 3.15. The SMILES string of the molecule is CC(=C1C(=O)Nc2ccc(N)cc21)c1cc(C(CCN)C(N)=O)c[nH]1. The zero-order valence-corrected chi connectivity index (χ0v) is 13.9. The van der Waals surface area contributed by atoms with Crippen LogP contribution in [0.4, 0.5) is 11.4 Å². The number of aromatic nitrogens is 1. The lowest BCUT2D eigenvalue weighted by molar-refractivity contribution is -0.119. The second-order valence-corrected chi connectivity index (χ2v) is 6.14. The molecule has 25 heavy (non-hydrogen) atoms. The first kappa shape index (κ1) is 16.8. The first-order valence-corrected chi connectivity index (χ1v) is 8.02. The standard InChI is InChI=1S/C18H21N5O2/c1-9(15-6-10(8-22-15)12(4-5-19)17(21)24)16-13-7-11(20)2-3-14(13)23-18(16)25/h2-3,6-8,12,22H,4-5,19-20H2,1H3,(H2,21,24)(H,23,25). The monoisotopic (exact) mass is 339 g/mol. The molecule has 1 aliphatic heterocycles. The Morgan fingerprint density at radius 2 is 2.04 bits per heavy atom. The average molecular weight is 339 g/mol. The minimum absolute atomic E-state index is 0.178. The maximum Gasteiger partial charge on any atom is 0.256 e. The van der Waals surface area contributed by atoms with Crippen LogP contribution in [0.25, 0.3) is 11.1 Å². The summed E-state index contributed by atoms with van der Waals surface area (Å²) in [4.78, 5) is 27.2. The van der Waals surface area contributed by atoms with Gasteiger partial charge in [0, 0.05) is 28.8 Å². The number of H-pyrrole nitrogens is 1. The molecule has 1 atom stereocenters. The van der Waals surface area contributed by atoms with Gasteiger partial charge in [0.2, 0.25) is 5.91 Å². The highest BCUT2D eigenvalue weighted by Crippen LogP contribution is 2.38. The fraction of sp³-hybridized carbons (Fsp3) is 0.222. The number of anilines is 2.